The molecule has 0 aromatic rings. The maximum absolute atomic E-state index is 13.0. The van der Waals surface area contributed by atoms with Gasteiger partial charge in [0.15, 0.2) is 0 Å². The monoisotopic (exact) mass is 493 g/mol. The van der Waals surface area contributed by atoms with Crippen LogP contribution in [0.1, 0.15) is 64.7 Å². The fraction of sp³-hybridized carbons (Fsp3) is 0.846. The number of hydrogen-bond donors (Lipinski definition) is 2. The lowest BCUT2D eigenvalue weighted by Crippen LogP contribution is -2.48. The average molecular weight is 494 g/mol. The highest BCUT2D eigenvalue weighted by molar-refractivity contribution is 6.76. The predicted octanol–water partition coefficient (Wildman–Crippen LogP) is 4.66. The van der Waals surface area contributed by atoms with Gasteiger partial charge in [0.25, 0.3) is 0 Å². The maximum atomic E-state index is 13.0. The van der Waals surface area contributed by atoms with E-state index in [0.717, 1.165) is 50.6 Å². The van der Waals surface area contributed by atoms with Crippen LogP contribution in [-0.4, -0.2) is 69.5 Å². The van der Waals surface area contributed by atoms with E-state index >= 15 is 0 Å². The first kappa shape index (κ1) is 27.2. The van der Waals surface area contributed by atoms with Crippen LogP contribution in [0.15, 0.2) is 11.8 Å². The molecule has 1 amide bonds. The molecule has 1 aliphatic carbocycles. The second kappa shape index (κ2) is 12.5. The van der Waals surface area contributed by atoms with E-state index in [0.29, 0.717) is 25.7 Å². The molecule has 2 N–H and O–H groups in total. The van der Waals surface area contributed by atoms with E-state index in [2.05, 4.69) is 41.3 Å². The van der Waals surface area contributed by atoms with Gasteiger partial charge in [-0.15, -0.1) is 0 Å². The van der Waals surface area contributed by atoms with Gasteiger partial charge in [-0.2, -0.15) is 0 Å². The number of rotatable bonds is 6. The van der Waals surface area contributed by atoms with E-state index < -0.39 is 13.6 Å². The molecule has 0 aromatic carbocycles. The van der Waals surface area contributed by atoms with Crippen LogP contribution in [0.25, 0.3) is 0 Å². The summed E-state index contributed by atoms with van der Waals surface area (Å²) in [6.07, 6.45) is 11.5. The Hall–Kier alpha value is -1.38. The van der Waals surface area contributed by atoms with Crippen LogP contribution in [0, 0.1) is 5.92 Å². The van der Waals surface area contributed by atoms with Crippen molar-refractivity contribution in [2.45, 2.75) is 102 Å². The Morgan fingerprint density at radius 1 is 1.12 bits per heavy atom. The number of nitrogens with one attached hydrogen (secondary N) is 2. The van der Waals surface area contributed by atoms with Crippen molar-refractivity contribution < 1.29 is 19.1 Å². The summed E-state index contributed by atoms with van der Waals surface area (Å²) >= 11 is 0. The van der Waals surface area contributed by atoms with Gasteiger partial charge in [-0.05, 0) is 64.6 Å². The number of hydrogen-bond acceptors (Lipinski definition) is 6. The summed E-state index contributed by atoms with van der Waals surface area (Å²) in [6, 6.07) is 1.44. The molecule has 3 rings (SSSR count). The number of alkyl carbamates (subject to hydrolysis) is 1. The summed E-state index contributed by atoms with van der Waals surface area (Å²) in [5.41, 5.74) is 0.215. The van der Waals surface area contributed by atoms with Crippen molar-refractivity contribution in [3.05, 3.63) is 11.8 Å². The van der Waals surface area contributed by atoms with Crippen LogP contribution < -0.4 is 10.6 Å². The third-order valence-electron chi connectivity index (χ3n) is 7.45. The first-order chi connectivity index (χ1) is 16.2. The van der Waals surface area contributed by atoms with Crippen LogP contribution in [-0.2, 0) is 14.3 Å². The lowest BCUT2D eigenvalue weighted by Gasteiger charge is -2.27. The van der Waals surface area contributed by atoms with E-state index in [1.54, 1.807) is 0 Å². The van der Waals surface area contributed by atoms with E-state index in [1.165, 1.54) is 32.1 Å². The molecule has 1 saturated carbocycles. The van der Waals surface area contributed by atoms with Crippen LogP contribution >= 0.6 is 0 Å². The van der Waals surface area contributed by atoms with Gasteiger partial charge in [-0.25, -0.2) is 4.79 Å². The van der Waals surface area contributed by atoms with Crippen molar-refractivity contribution in [1.29, 1.82) is 0 Å². The van der Waals surface area contributed by atoms with Crippen LogP contribution in [0.2, 0.25) is 25.7 Å². The normalized spacial score (nSPS) is 29.0. The minimum atomic E-state index is -1.25. The highest BCUT2D eigenvalue weighted by Gasteiger charge is 2.60. The van der Waals surface area contributed by atoms with Gasteiger partial charge < -0.3 is 9.47 Å². The first-order valence-corrected chi connectivity index (χ1v) is 17.2. The summed E-state index contributed by atoms with van der Waals surface area (Å²) < 4.78 is 11.0. The average Bonchev–Trinajstić information content (AvgIpc) is 3.27. The van der Waals surface area contributed by atoms with Crippen molar-refractivity contribution >= 4 is 20.1 Å². The van der Waals surface area contributed by atoms with Crippen molar-refractivity contribution in [2.24, 2.45) is 5.92 Å². The zero-order chi connectivity index (χ0) is 24.6. The molecule has 3 atom stereocenters. The van der Waals surface area contributed by atoms with Gasteiger partial charge in [0.05, 0.1) is 13.2 Å². The standard InChI is InChI=1S/C26H47N3O4Si/c1-5-32-24(30)26-19-21(26)18-22(28-25(31)33-16-17-34(2,3)4)12-9-7-6-8-10-14-29-15-11-13-23(29)20-27-26/h18,21,23,27H,5-17,19-20H2,1-4H3,(H,28,31). The topological polar surface area (TPSA) is 79.9 Å². The van der Waals surface area contributed by atoms with E-state index in [1.807, 2.05) is 6.92 Å². The summed E-state index contributed by atoms with van der Waals surface area (Å²) in [5, 5.41) is 6.63. The molecule has 8 heteroatoms. The Morgan fingerprint density at radius 3 is 2.62 bits per heavy atom. The quantitative estimate of drug-likeness (QED) is 0.414. The van der Waals surface area contributed by atoms with Gasteiger partial charge in [-0.1, -0.05) is 45.0 Å². The highest BCUT2D eigenvalue weighted by atomic mass is 28.3. The minimum absolute atomic E-state index is 0.0313. The number of carbonyl (C=O) groups is 2. The summed E-state index contributed by atoms with van der Waals surface area (Å²) in [4.78, 5) is 28.1. The van der Waals surface area contributed by atoms with Crippen molar-refractivity contribution in [3.8, 4) is 0 Å². The predicted molar refractivity (Wildman–Crippen MR) is 138 cm³/mol. The van der Waals surface area contributed by atoms with Crippen molar-refractivity contribution in [1.82, 2.24) is 15.5 Å². The number of esters is 1. The molecule has 34 heavy (non-hydrogen) atoms. The molecule has 2 heterocycles. The van der Waals surface area contributed by atoms with E-state index in [9.17, 15) is 9.59 Å². The van der Waals surface area contributed by atoms with Gasteiger partial charge in [0.1, 0.15) is 5.54 Å². The Balaban J connectivity index is 1.69. The second-order valence-corrected chi connectivity index (χ2v) is 17.1. The van der Waals surface area contributed by atoms with Gasteiger partial charge in [0, 0.05) is 32.3 Å². The molecule has 7 nitrogen and oxygen atoms in total. The molecular formula is C26H47N3O4Si. The minimum Gasteiger partial charge on any atom is -0.465 e. The molecule has 1 saturated heterocycles. The molecule has 3 unspecified atom stereocenters. The van der Waals surface area contributed by atoms with Gasteiger partial charge in [-0.3, -0.25) is 20.3 Å². The Morgan fingerprint density at radius 2 is 1.85 bits per heavy atom. The van der Waals surface area contributed by atoms with E-state index in [-0.39, 0.29) is 18.0 Å². The molecule has 0 bridgehead atoms. The zero-order valence-electron chi connectivity index (χ0n) is 21.9. The summed E-state index contributed by atoms with van der Waals surface area (Å²) in [7, 11) is -1.25. The number of allylic oxidation sites excluding steroid dienone is 1. The van der Waals surface area contributed by atoms with Gasteiger partial charge in [0.2, 0.25) is 0 Å². The number of nitrogens with zero attached hydrogens (tertiary/aromatic N) is 1. The fourth-order valence-electron chi connectivity index (χ4n) is 5.19. The highest BCUT2D eigenvalue weighted by Crippen LogP contribution is 2.46. The first-order valence-electron chi connectivity index (χ1n) is 13.5. The third-order valence-corrected chi connectivity index (χ3v) is 9.15. The summed E-state index contributed by atoms with van der Waals surface area (Å²) in [5.74, 6) is -0.133. The SMILES string of the molecule is CCOC(=O)C12CC1C=C(NC(=O)OCC[Si](C)(C)C)CCCCCCCN1CCCC1CN2. The number of fused-ring (bicyclic) bond motifs is 2. The second-order valence-electron chi connectivity index (χ2n) is 11.5. The lowest BCUT2D eigenvalue weighted by molar-refractivity contribution is -0.147. The maximum Gasteiger partial charge on any atom is 0.411 e. The molecule has 0 spiro atoms. The number of carbonyl (C=O) groups excluding carboxylic acids is 2. The van der Waals surface area contributed by atoms with Crippen molar-refractivity contribution in [3.63, 3.8) is 0 Å². The zero-order valence-corrected chi connectivity index (χ0v) is 22.9. The largest absolute Gasteiger partial charge is 0.465 e. The van der Waals surface area contributed by atoms with E-state index in [4.69, 9.17) is 9.47 Å². The molecule has 194 valence electrons. The molecule has 0 aromatic heterocycles. The molecule has 2 fully saturated rings. The smallest absolute Gasteiger partial charge is 0.411 e. The Bertz CT molecular complexity index is 723. The van der Waals surface area contributed by atoms with Crippen LogP contribution in [0.4, 0.5) is 4.79 Å². The van der Waals surface area contributed by atoms with Crippen LogP contribution in [0.5, 0.6) is 0 Å². The Kier molecular flexibility index (Phi) is 10.0. The molecule has 2 aliphatic heterocycles. The number of amides is 1. The van der Waals surface area contributed by atoms with Gasteiger partial charge >= 0.3 is 12.1 Å². The van der Waals surface area contributed by atoms with Crippen LogP contribution in [0.3, 0.4) is 0 Å². The molecular weight excluding hydrogens is 446 g/mol. The molecule has 3 aliphatic rings. The lowest BCUT2D eigenvalue weighted by atomic mass is 10.1. The number of ether oxygens (including phenoxy) is 2. The van der Waals surface area contributed by atoms with Crippen molar-refractivity contribution in [2.75, 3.05) is 32.8 Å². The Labute approximate surface area is 207 Å². The molecule has 0 radical (unpaired) electrons. The third kappa shape index (κ3) is 8.09. The summed E-state index contributed by atoms with van der Waals surface area (Å²) in [6.45, 7) is 12.6. The fourth-order valence-corrected chi connectivity index (χ4v) is 5.90.